The maximum absolute atomic E-state index is 9.33. The van der Waals surface area contributed by atoms with E-state index in [1.54, 1.807) is 6.20 Å². The van der Waals surface area contributed by atoms with Crippen molar-refractivity contribution in [1.29, 1.82) is 0 Å². The van der Waals surface area contributed by atoms with Crippen LogP contribution in [0.2, 0.25) is 0 Å². The Morgan fingerprint density at radius 1 is 1.60 bits per heavy atom. The molecule has 0 bridgehead atoms. The Hall–Kier alpha value is -1.53. The van der Waals surface area contributed by atoms with Gasteiger partial charge in [0.2, 0.25) is 0 Å². The number of nitrogens with zero attached hydrogens (tertiary/aromatic N) is 1. The van der Waals surface area contributed by atoms with Crippen LogP contribution in [0, 0.1) is 12.3 Å². The van der Waals surface area contributed by atoms with Gasteiger partial charge >= 0.3 is 0 Å². The molecule has 3 nitrogen and oxygen atoms in total. The highest BCUT2D eigenvalue weighted by Gasteiger charge is 2.00. The van der Waals surface area contributed by atoms with Gasteiger partial charge in [0, 0.05) is 18.3 Å². The van der Waals surface area contributed by atoms with Crippen molar-refractivity contribution in [3.8, 4) is 12.3 Å². The number of aromatic nitrogens is 1. The summed E-state index contributed by atoms with van der Waals surface area (Å²) in [6.45, 7) is 2.68. The third kappa shape index (κ3) is 4.01. The monoisotopic (exact) mass is 204 g/mol. The number of rotatable bonds is 5. The largest absolute Gasteiger partial charge is 0.393 e. The van der Waals surface area contributed by atoms with E-state index in [9.17, 15) is 5.11 Å². The topological polar surface area (TPSA) is 45.1 Å². The van der Waals surface area contributed by atoms with Gasteiger partial charge in [0.15, 0.2) is 0 Å². The number of aliphatic hydroxyl groups is 1. The molecule has 1 rings (SSSR count). The van der Waals surface area contributed by atoms with Crippen LogP contribution in [-0.2, 0) is 0 Å². The van der Waals surface area contributed by atoms with Crippen LogP contribution in [0.3, 0.4) is 0 Å². The van der Waals surface area contributed by atoms with Crippen LogP contribution < -0.4 is 5.32 Å². The van der Waals surface area contributed by atoms with Crippen molar-refractivity contribution in [2.24, 2.45) is 0 Å². The molecular formula is C12H16N2O. The number of terminal acetylenes is 1. The van der Waals surface area contributed by atoms with E-state index in [0.29, 0.717) is 0 Å². The summed E-state index contributed by atoms with van der Waals surface area (Å²) in [5, 5.41) is 12.5. The molecule has 15 heavy (non-hydrogen) atoms. The molecule has 1 atom stereocenters. The minimum Gasteiger partial charge on any atom is -0.393 e. The molecule has 0 amide bonds. The predicted octanol–water partition coefficient (Wildman–Crippen LogP) is 1.64. The summed E-state index contributed by atoms with van der Waals surface area (Å²) < 4.78 is 0. The molecule has 0 aliphatic rings. The molecule has 80 valence electrons. The van der Waals surface area contributed by atoms with E-state index in [-0.39, 0.29) is 6.10 Å². The van der Waals surface area contributed by atoms with Crippen molar-refractivity contribution < 1.29 is 5.11 Å². The van der Waals surface area contributed by atoms with Crippen LogP contribution in [0.4, 0.5) is 5.82 Å². The molecule has 3 heteroatoms. The minimum absolute atomic E-state index is 0.234. The van der Waals surface area contributed by atoms with Crippen molar-refractivity contribution in [3.05, 3.63) is 23.9 Å². The van der Waals surface area contributed by atoms with Crippen molar-refractivity contribution in [2.45, 2.75) is 25.9 Å². The fourth-order valence-corrected chi connectivity index (χ4v) is 1.15. The number of hydrogen-bond acceptors (Lipinski definition) is 3. The Morgan fingerprint density at radius 2 is 2.40 bits per heavy atom. The highest BCUT2D eigenvalue weighted by atomic mass is 16.3. The highest BCUT2D eigenvalue weighted by Crippen LogP contribution is 2.04. The van der Waals surface area contributed by atoms with Gasteiger partial charge in [-0.1, -0.05) is 12.8 Å². The molecular weight excluding hydrogens is 188 g/mol. The molecule has 0 aliphatic carbocycles. The van der Waals surface area contributed by atoms with E-state index in [1.807, 2.05) is 19.1 Å². The molecule has 1 aromatic rings. The third-order valence-corrected chi connectivity index (χ3v) is 2.19. The Balaban J connectivity index is 2.35. The second-order valence-corrected chi connectivity index (χ2v) is 3.35. The maximum Gasteiger partial charge on any atom is 0.125 e. The summed E-state index contributed by atoms with van der Waals surface area (Å²) in [4.78, 5) is 4.14. The van der Waals surface area contributed by atoms with Crippen LogP contribution in [-0.4, -0.2) is 22.7 Å². The number of nitrogens with one attached hydrogen (secondary N) is 1. The molecule has 2 N–H and O–H groups in total. The fraction of sp³-hybridized carbons (Fsp3) is 0.417. The summed E-state index contributed by atoms with van der Waals surface area (Å²) >= 11 is 0. The Bertz CT molecular complexity index is 326. The number of aliphatic hydroxyl groups excluding tert-OH is 1. The van der Waals surface area contributed by atoms with Gasteiger partial charge in [0.05, 0.1) is 6.10 Å². The second kappa shape index (κ2) is 6.05. The highest BCUT2D eigenvalue weighted by molar-refractivity contribution is 5.39. The van der Waals surface area contributed by atoms with Gasteiger partial charge in [-0.3, -0.25) is 0 Å². The van der Waals surface area contributed by atoms with E-state index >= 15 is 0 Å². The van der Waals surface area contributed by atoms with Crippen LogP contribution >= 0.6 is 0 Å². The molecule has 0 spiro atoms. The zero-order valence-electron chi connectivity index (χ0n) is 8.90. The first-order chi connectivity index (χ1) is 7.26. The van der Waals surface area contributed by atoms with Gasteiger partial charge in [-0.05, 0) is 25.0 Å². The predicted molar refractivity (Wildman–Crippen MR) is 61.6 cm³/mol. The molecule has 1 heterocycles. The van der Waals surface area contributed by atoms with Gasteiger partial charge in [0.1, 0.15) is 5.82 Å². The standard InChI is InChI=1S/C12H16N2O/c1-3-10-5-6-12(14-9-10)13-8-7-11(15)4-2/h1,5-6,9,11,15H,4,7-8H2,2H3,(H,13,14). The fourth-order valence-electron chi connectivity index (χ4n) is 1.15. The summed E-state index contributed by atoms with van der Waals surface area (Å²) in [5.74, 6) is 3.30. The third-order valence-electron chi connectivity index (χ3n) is 2.19. The van der Waals surface area contributed by atoms with E-state index in [0.717, 1.165) is 30.8 Å². The molecule has 0 radical (unpaired) electrons. The van der Waals surface area contributed by atoms with Crippen LogP contribution in [0.1, 0.15) is 25.3 Å². The molecule has 1 aromatic heterocycles. The summed E-state index contributed by atoms with van der Waals surface area (Å²) in [5.41, 5.74) is 0.772. The number of pyridine rings is 1. The minimum atomic E-state index is -0.234. The molecule has 0 saturated heterocycles. The molecule has 0 saturated carbocycles. The van der Waals surface area contributed by atoms with Gasteiger partial charge in [-0.2, -0.15) is 0 Å². The first kappa shape index (κ1) is 11.5. The van der Waals surface area contributed by atoms with E-state index < -0.39 is 0 Å². The first-order valence-electron chi connectivity index (χ1n) is 5.11. The summed E-state index contributed by atoms with van der Waals surface area (Å²) in [6, 6.07) is 3.68. The second-order valence-electron chi connectivity index (χ2n) is 3.35. The molecule has 0 aliphatic heterocycles. The molecule has 0 fully saturated rings. The SMILES string of the molecule is C#Cc1ccc(NCCC(O)CC)nc1. The Labute approximate surface area is 90.5 Å². The summed E-state index contributed by atoms with van der Waals surface area (Å²) in [6.07, 6.45) is 8.15. The van der Waals surface area contributed by atoms with E-state index in [4.69, 9.17) is 6.42 Å². The summed E-state index contributed by atoms with van der Waals surface area (Å²) in [7, 11) is 0. The quantitative estimate of drug-likeness (QED) is 0.717. The van der Waals surface area contributed by atoms with E-state index in [2.05, 4.69) is 16.2 Å². The lowest BCUT2D eigenvalue weighted by Gasteiger charge is -2.08. The zero-order valence-corrected chi connectivity index (χ0v) is 8.90. The smallest absolute Gasteiger partial charge is 0.125 e. The molecule has 1 unspecified atom stereocenters. The number of anilines is 1. The average molecular weight is 204 g/mol. The van der Waals surface area contributed by atoms with Gasteiger partial charge in [0.25, 0.3) is 0 Å². The van der Waals surface area contributed by atoms with Gasteiger partial charge in [-0.25, -0.2) is 4.98 Å². The van der Waals surface area contributed by atoms with Gasteiger partial charge < -0.3 is 10.4 Å². The first-order valence-corrected chi connectivity index (χ1v) is 5.11. The van der Waals surface area contributed by atoms with Crippen molar-refractivity contribution in [2.75, 3.05) is 11.9 Å². The lowest BCUT2D eigenvalue weighted by atomic mass is 10.2. The Morgan fingerprint density at radius 3 is 2.93 bits per heavy atom. The van der Waals surface area contributed by atoms with Gasteiger partial charge in [-0.15, -0.1) is 6.42 Å². The van der Waals surface area contributed by atoms with E-state index in [1.165, 1.54) is 0 Å². The van der Waals surface area contributed by atoms with Crippen molar-refractivity contribution >= 4 is 5.82 Å². The molecule has 0 aromatic carbocycles. The average Bonchev–Trinajstić information content (AvgIpc) is 2.29. The normalized spacial score (nSPS) is 11.8. The van der Waals surface area contributed by atoms with Crippen molar-refractivity contribution in [1.82, 2.24) is 4.98 Å². The lowest BCUT2D eigenvalue weighted by Crippen LogP contribution is -2.12. The van der Waals surface area contributed by atoms with Crippen LogP contribution in [0.25, 0.3) is 0 Å². The lowest BCUT2D eigenvalue weighted by molar-refractivity contribution is 0.164. The van der Waals surface area contributed by atoms with Crippen LogP contribution in [0.5, 0.6) is 0 Å². The maximum atomic E-state index is 9.33. The number of hydrogen-bond donors (Lipinski definition) is 2. The Kier molecular flexibility index (Phi) is 4.65. The zero-order chi connectivity index (χ0) is 11.1. The van der Waals surface area contributed by atoms with Crippen molar-refractivity contribution in [3.63, 3.8) is 0 Å². The van der Waals surface area contributed by atoms with Crippen LogP contribution in [0.15, 0.2) is 18.3 Å².